The van der Waals surface area contributed by atoms with Gasteiger partial charge in [0.05, 0.1) is 6.20 Å². The number of hydrogen-bond acceptors (Lipinski definition) is 3. The van der Waals surface area contributed by atoms with Gasteiger partial charge in [0, 0.05) is 6.07 Å². The number of amides is 3. The summed E-state index contributed by atoms with van der Waals surface area (Å²) in [4.78, 5) is 34.5. The van der Waals surface area contributed by atoms with Gasteiger partial charge in [0.1, 0.15) is 31.7 Å². The zero-order valence-electron chi connectivity index (χ0n) is 17.6. The van der Waals surface area contributed by atoms with E-state index in [4.69, 9.17) is 0 Å². The molecule has 0 unspecified atom stereocenters. The largest absolute Gasteiger partial charge is 0.329 e. The zero-order valence-corrected chi connectivity index (χ0v) is 17.6. The van der Waals surface area contributed by atoms with Crippen LogP contribution in [0.5, 0.6) is 0 Å². The van der Waals surface area contributed by atoms with Crippen molar-refractivity contribution in [3.8, 4) is 0 Å². The predicted molar refractivity (Wildman–Crippen MR) is 117 cm³/mol. The van der Waals surface area contributed by atoms with Gasteiger partial charge in [-0.1, -0.05) is 48.5 Å². The Balaban J connectivity index is 1.32. The quantitative estimate of drug-likeness (QED) is 0.617. The number of quaternary nitrogens is 1. The lowest BCUT2D eigenvalue weighted by Crippen LogP contribution is -3.16. The van der Waals surface area contributed by atoms with Crippen LogP contribution in [0.2, 0.25) is 0 Å². The summed E-state index contributed by atoms with van der Waals surface area (Å²) in [5.74, 6) is 0.917. The minimum Gasteiger partial charge on any atom is -0.319 e. The number of carbonyl (C=O) groups is 2. The van der Waals surface area contributed by atoms with Crippen molar-refractivity contribution in [3.63, 3.8) is 0 Å². The van der Waals surface area contributed by atoms with Crippen LogP contribution in [-0.2, 0) is 10.3 Å². The van der Waals surface area contributed by atoms with Gasteiger partial charge in [-0.25, -0.2) is 14.7 Å². The normalized spacial score (nSPS) is 22.2. The molecule has 2 aromatic carbocycles. The number of nitrogens with zero attached hydrogens (tertiary/aromatic N) is 2. The second-order valence-electron chi connectivity index (χ2n) is 8.46. The molecule has 1 aromatic heterocycles. The average Bonchev–Trinajstić information content (AvgIpc) is 3.03. The summed E-state index contributed by atoms with van der Waals surface area (Å²) < 4.78 is 0. The van der Waals surface area contributed by atoms with Crippen molar-refractivity contribution >= 4 is 28.5 Å². The van der Waals surface area contributed by atoms with E-state index in [9.17, 15) is 9.59 Å². The number of hydrogen-bond donors (Lipinski definition) is 2. The maximum Gasteiger partial charge on any atom is 0.329 e. The Labute approximate surface area is 181 Å². The first kappa shape index (κ1) is 19.5. The molecule has 3 heterocycles. The van der Waals surface area contributed by atoms with Crippen LogP contribution in [-0.4, -0.2) is 49.7 Å². The topological polar surface area (TPSA) is 71.2 Å². The third-order valence-electron chi connectivity index (χ3n) is 6.49. The highest BCUT2D eigenvalue weighted by Crippen LogP contribution is 2.33. The molecule has 3 aromatic rings. The van der Waals surface area contributed by atoms with E-state index in [-0.39, 0.29) is 11.9 Å². The number of pyridine rings is 1. The highest BCUT2D eigenvalue weighted by molar-refractivity contribution is 6.09. The molecule has 2 fully saturated rings. The molecular formula is C24H27N5O2+2. The van der Waals surface area contributed by atoms with Crippen LogP contribution in [0.1, 0.15) is 12.5 Å². The molecule has 2 aliphatic heterocycles. The van der Waals surface area contributed by atoms with Crippen LogP contribution < -0.4 is 20.1 Å². The number of fused-ring (bicyclic) bond motifs is 1. The molecule has 7 nitrogen and oxygen atoms in total. The molecule has 158 valence electrons. The smallest absolute Gasteiger partial charge is 0.319 e. The zero-order chi connectivity index (χ0) is 21.4. The fourth-order valence-corrected chi connectivity index (χ4v) is 4.71. The maximum atomic E-state index is 13.5. The summed E-state index contributed by atoms with van der Waals surface area (Å²) in [6.45, 7) is 5.68. The van der Waals surface area contributed by atoms with E-state index in [1.165, 1.54) is 9.80 Å². The fraction of sp³-hybridized carbons (Fsp3) is 0.292. The first-order chi connectivity index (χ1) is 15.1. The molecule has 1 atom stereocenters. The molecule has 0 saturated carbocycles. The van der Waals surface area contributed by atoms with E-state index >= 15 is 0 Å². The molecule has 3 amide bonds. The van der Waals surface area contributed by atoms with Gasteiger partial charge in [0.2, 0.25) is 0 Å². The molecule has 2 aliphatic rings. The third kappa shape index (κ3) is 3.41. The maximum absolute atomic E-state index is 13.5. The minimum absolute atomic E-state index is 0.180. The van der Waals surface area contributed by atoms with Crippen molar-refractivity contribution in [3.05, 3.63) is 72.4 Å². The van der Waals surface area contributed by atoms with Crippen LogP contribution in [0.4, 0.5) is 10.6 Å². The SMILES string of the molecule is C[C@@]1(c2cccc3ccccc23)NC(=O)N(C[NH+]2CCN(c3cccc[nH+]3)CC2)C1=O. The fourth-order valence-electron chi connectivity index (χ4n) is 4.71. The van der Waals surface area contributed by atoms with Crippen LogP contribution in [0.25, 0.3) is 10.8 Å². The van der Waals surface area contributed by atoms with E-state index in [0.29, 0.717) is 6.67 Å². The number of aromatic nitrogens is 1. The predicted octanol–water partition coefficient (Wildman–Crippen LogP) is 0.783. The lowest BCUT2D eigenvalue weighted by molar-refractivity contribution is -0.908. The standard InChI is InChI=1S/C24H25N5O2/c1-24(20-10-6-8-18-7-2-3-9-19(18)20)22(30)29(23(31)26-24)17-27-13-15-28(16-14-27)21-11-4-5-12-25-21/h2-12H,13-17H2,1H3,(H,26,31)/p+2/t24-/m0/s1. The van der Waals surface area contributed by atoms with Crippen molar-refractivity contribution in [1.29, 1.82) is 0 Å². The first-order valence-electron chi connectivity index (χ1n) is 10.7. The Morgan fingerprint density at radius 1 is 1.00 bits per heavy atom. The van der Waals surface area contributed by atoms with E-state index < -0.39 is 5.54 Å². The van der Waals surface area contributed by atoms with Gasteiger partial charge in [0.25, 0.3) is 11.7 Å². The summed E-state index contributed by atoms with van der Waals surface area (Å²) in [5, 5.41) is 5.02. The average molecular weight is 418 g/mol. The van der Waals surface area contributed by atoms with E-state index in [0.717, 1.165) is 48.3 Å². The summed E-state index contributed by atoms with van der Waals surface area (Å²) in [6.07, 6.45) is 1.93. The number of aromatic amines is 1. The second kappa shape index (κ2) is 7.67. The number of urea groups is 1. The highest BCUT2D eigenvalue weighted by atomic mass is 16.2. The molecule has 7 heteroatoms. The monoisotopic (exact) mass is 417 g/mol. The third-order valence-corrected chi connectivity index (χ3v) is 6.49. The molecule has 5 rings (SSSR count). The van der Waals surface area contributed by atoms with Crippen LogP contribution >= 0.6 is 0 Å². The molecule has 0 bridgehead atoms. The van der Waals surface area contributed by atoms with Crippen molar-refractivity contribution in [2.75, 3.05) is 37.7 Å². The van der Waals surface area contributed by atoms with Gasteiger partial charge in [-0.3, -0.25) is 9.69 Å². The number of anilines is 1. The van der Waals surface area contributed by atoms with Gasteiger partial charge in [0.15, 0.2) is 6.67 Å². The summed E-state index contributed by atoms with van der Waals surface area (Å²) >= 11 is 0. The lowest BCUT2D eigenvalue weighted by Gasteiger charge is -2.30. The minimum atomic E-state index is -1.06. The van der Waals surface area contributed by atoms with Crippen molar-refractivity contribution in [1.82, 2.24) is 10.2 Å². The first-order valence-corrected chi connectivity index (χ1v) is 10.7. The number of rotatable bonds is 4. The number of piperazine rings is 1. The van der Waals surface area contributed by atoms with Crippen LogP contribution in [0.3, 0.4) is 0 Å². The Morgan fingerprint density at radius 3 is 2.52 bits per heavy atom. The van der Waals surface area contributed by atoms with Crippen LogP contribution in [0, 0.1) is 0 Å². The van der Waals surface area contributed by atoms with Gasteiger partial charge in [-0.15, -0.1) is 0 Å². The van der Waals surface area contributed by atoms with Crippen molar-refractivity contribution < 1.29 is 19.5 Å². The number of carbonyl (C=O) groups excluding carboxylic acids is 2. The van der Waals surface area contributed by atoms with E-state index in [1.807, 2.05) is 67.7 Å². The number of benzene rings is 2. The second-order valence-corrected chi connectivity index (χ2v) is 8.46. The summed E-state index contributed by atoms with van der Waals surface area (Å²) in [6, 6.07) is 19.6. The lowest BCUT2D eigenvalue weighted by atomic mass is 9.88. The number of H-pyrrole nitrogens is 1. The molecule has 0 spiro atoms. The summed E-state index contributed by atoms with van der Waals surface area (Å²) in [7, 11) is 0. The molecule has 0 radical (unpaired) electrons. The van der Waals surface area contributed by atoms with Gasteiger partial charge >= 0.3 is 6.03 Å². The van der Waals surface area contributed by atoms with Gasteiger partial charge in [-0.2, -0.15) is 0 Å². The summed E-state index contributed by atoms with van der Waals surface area (Å²) in [5.41, 5.74) is -0.219. The van der Waals surface area contributed by atoms with E-state index in [1.54, 1.807) is 0 Å². The Kier molecular flexibility index (Phi) is 4.82. The molecule has 31 heavy (non-hydrogen) atoms. The Morgan fingerprint density at radius 2 is 1.74 bits per heavy atom. The van der Waals surface area contributed by atoms with Crippen molar-refractivity contribution in [2.45, 2.75) is 12.5 Å². The number of imide groups is 1. The van der Waals surface area contributed by atoms with Crippen molar-refractivity contribution in [2.24, 2.45) is 0 Å². The van der Waals surface area contributed by atoms with E-state index in [2.05, 4.69) is 21.3 Å². The van der Waals surface area contributed by atoms with Gasteiger partial charge < -0.3 is 10.2 Å². The molecule has 3 N–H and O–H groups in total. The molecule has 0 aliphatic carbocycles. The molecule has 2 saturated heterocycles. The Bertz CT molecular complexity index is 1120. The molecular weight excluding hydrogens is 390 g/mol. The number of nitrogens with one attached hydrogen (secondary N) is 3. The Hall–Kier alpha value is -3.45. The highest BCUT2D eigenvalue weighted by Gasteiger charge is 2.51. The van der Waals surface area contributed by atoms with Crippen LogP contribution in [0.15, 0.2) is 66.9 Å². The van der Waals surface area contributed by atoms with Gasteiger partial charge in [-0.05, 0) is 29.3 Å².